The lowest BCUT2D eigenvalue weighted by Gasteiger charge is -2.09. The first kappa shape index (κ1) is 12.3. The normalized spacial score (nSPS) is 10.9. The summed E-state index contributed by atoms with van der Waals surface area (Å²) >= 11 is 0. The minimum Gasteiger partial charge on any atom is -0.290 e. The number of nitrogens with zero attached hydrogens (tertiary/aromatic N) is 3. The molecule has 2 aromatic carbocycles. The average molecular weight is 267 g/mol. The van der Waals surface area contributed by atoms with Crippen molar-refractivity contribution in [2.45, 2.75) is 13.8 Å². The molecule has 0 aliphatic heterocycles. The number of nitro groups is 1. The predicted octanol–water partition coefficient (Wildman–Crippen LogP) is 3.55. The van der Waals surface area contributed by atoms with Crippen LogP contribution < -0.4 is 0 Å². The van der Waals surface area contributed by atoms with Gasteiger partial charge in [0.1, 0.15) is 11.5 Å². The number of hydrogen-bond donors (Lipinski definition) is 0. The van der Waals surface area contributed by atoms with Crippen molar-refractivity contribution < 1.29 is 4.92 Å². The fourth-order valence-corrected chi connectivity index (χ4v) is 2.51. The summed E-state index contributed by atoms with van der Waals surface area (Å²) in [5, 5.41) is 11.4. The van der Waals surface area contributed by atoms with Crippen LogP contribution in [0.5, 0.6) is 0 Å². The molecule has 0 bridgehead atoms. The van der Waals surface area contributed by atoms with Gasteiger partial charge in [-0.2, -0.15) is 0 Å². The molecule has 0 aliphatic rings. The Morgan fingerprint density at radius 3 is 2.60 bits per heavy atom. The van der Waals surface area contributed by atoms with Gasteiger partial charge in [-0.05, 0) is 32.0 Å². The number of aromatic nitrogens is 2. The zero-order chi connectivity index (χ0) is 14.3. The summed E-state index contributed by atoms with van der Waals surface area (Å²) < 4.78 is 1.83. The highest BCUT2D eigenvalue weighted by atomic mass is 16.6. The van der Waals surface area contributed by atoms with Gasteiger partial charge in [0.25, 0.3) is 5.69 Å². The zero-order valence-corrected chi connectivity index (χ0v) is 11.2. The summed E-state index contributed by atoms with van der Waals surface area (Å²) in [4.78, 5) is 15.5. The Hall–Kier alpha value is -2.69. The molecular weight excluding hydrogens is 254 g/mol. The molecule has 0 saturated carbocycles. The molecule has 0 unspecified atom stereocenters. The van der Waals surface area contributed by atoms with E-state index in [4.69, 9.17) is 0 Å². The van der Waals surface area contributed by atoms with Crippen molar-refractivity contribution in [2.75, 3.05) is 0 Å². The fourth-order valence-electron chi connectivity index (χ4n) is 2.51. The third kappa shape index (κ3) is 1.75. The van der Waals surface area contributed by atoms with Crippen LogP contribution >= 0.6 is 0 Å². The molecular formula is C15H13N3O2. The Balaban J connectivity index is 2.40. The van der Waals surface area contributed by atoms with Crippen molar-refractivity contribution >= 4 is 16.7 Å². The first-order valence-corrected chi connectivity index (χ1v) is 6.28. The number of benzene rings is 2. The highest BCUT2D eigenvalue weighted by Gasteiger charge is 2.21. The second-order valence-electron chi connectivity index (χ2n) is 4.68. The lowest BCUT2D eigenvalue weighted by molar-refractivity contribution is -0.385. The molecule has 0 aliphatic carbocycles. The van der Waals surface area contributed by atoms with Gasteiger partial charge in [-0.25, -0.2) is 4.98 Å². The van der Waals surface area contributed by atoms with Crippen molar-refractivity contribution in [1.82, 2.24) is 9.55 Å². The highest BCUT2D eigenvalue weighted by molar-refractivity contribution is 5.79. The van der Waals surface area contributed by atoms with Gasteiger partial charge >= 0.3 is 0 Å². The molecule has 0 fully saturated rings. The molecule has 1 heterocycles. The molecule has 0 amide bonds. The Labute approximate surface area is 115 Å². The van der Waals surface area contributed by atoms with Crippen LogP contribution in [0.3, 0.4) is 0 Å². The van der Waals surface area contributed by atoms with Gasteiger partial charge in [0.2, 0.25) is 0 Å². The third-order valence-electron chi connectivity index (χ3n) is 3.37. The first-order chi connectivity index (χ1) is 9.59. The highest BCUT2D eigenvalue weighted by Crippen LogP contribution is 2.30. The number of imidazole rings is 1. The molecule has 0 spiro atoms. The van der Waals surface area contributed by atoms with Crippen LogP contribution in [0, 0.1) is 24.0 Å². The smallest absolute Gasteiger partial charge is 0.290 e. The lowest BCUT2D eigenvalue weighted by atomic mass is 10.1. The maximum atomic E-state index is 11.4. The van der Waals surface area contributed by atoms with Gasteiger partial charge in [0.05, 0.1) is 16.0 Å². The topological polar surface area (TPSA) is 61.0 Å². The average Bonchev–Trinajstić information content (AvgIpc) is 2.73. The van der Waals surface area contributed by atoms with Gasteiger partial charge in [-0.3, -0.25) is 14.7 Å². The molecule has 100 valence electrons. The summed E-state index contributed by atoms with van der Waals surface area (Å²) in [5.74, 6) is 0.736. The fraction of sp³-hybridized carbons (Fsp3) is 0.133. The molecule has 5 heteroatoms. The molecule has 0 saturated heterocycles. The number of rotatable bonds is 2. The van der Waals surface area contributed by atoms with Crippen LogP contribution in [0.2, 0.25) is 0 Å². The molecule has 0 atom stereocenters. The molecule has 0 radical (unpaired) electrons. The summed E-state index contributed by atoms with van der Waals surface area (Å²) in [6.45, 7) is 3.60. The van der Waals surface area contributed by atoms with E-state index in [1.54, 1.807) is 19.1 Å². The van der Waals surface area contributed by atoms with Crippen molar-refractivity contribution in [1.29, 1.82) is 0 Å². The van der Waals surface area contributed by atoms with Gasteiger partial charge < -0.3 is 0 Å². The van der Waals surface area contributed by atoms with Crippen LogP contribution in [0.4, 0.5) is 5.69 Å². The zero-order valence-electron chi connectivity index (χ0n) is 11.2. The van der Waals surface area contributed by atoms with Crippen molar-refractivity contribution in [3.8, 4) is 5.69 Å². The van der Waals surface area contributed by atoms with Crippen molar-refractivity contribution in [3.05, 3.63) is 64.0 Å². The van der Waals surface area contributed by atoms with E-state index in [-0.39, 0.29) is 10.6 Å². The Morgan fingerprint density at radius 1 is 1.10 bits per heavy atom. The monoisotopic (exact) mass is 267 g/mol. The Morgan fingerprint density at radius 2 is 1.85 bits per heavy atom. The Kier molecular flexibility index (Phi) is 2.75. The summed E-state index contributed by atoms with van der Waals surface area (Å²) in [6, 6.07) is 13.0. The molecule has 1 aromatic heterocycles. The first-order valence-electron chi connectivity index (χ1n) is 6.28. The molecule has 20 heavy (non-hydrogen) atoms. The number of para-hydroxylation sites is 3. The van der Waals surface area contributed by atoms with Gasteiger partial charge in [0.15, 0.2) is 0 Å². The van der Waals surface area contributed by atoms with E-state index in [1.807, 2.05) is 41.8 Å². The van der Waals surface area contributed by atoms with Crippen LogP contribution in [0.1, 0.15) is 11.4 Å². The number of hydrogen-bond acceptors (Lipinski definition) is 3. The van der Waals surface area contributed by atoms with E-state index in [2.05, 4.69) is 4.98 Å². The maximum Gasteiger partial charge on any atom is 0.296 e. The molecule has 5 nitrogen and oxygen atoms in total. The second kappa shape index (κ2) is 4.45. The van der Waals surface area contributed by atoms with Crippen molar-refractivity contribution in [2.24, 2.45) is 0 Å². The third-order valence-corrected chi connectivity index (χ3v) is 3.37. The van der Waals surface area contributed by atoms with Crippen LogP contribution in [-0.2, 0) is 0 Å². The standard InChI is InChI=1S/C15H13N3O2/c1-10-6-5-9-14(15(10)18(19)20)17-11(2)16-12-7-3-4-8-13(12)17/h3-9H,1-2H3. The predicted molar refractivity (Wildman–Crippen MR) is 77.2 cm³/mol. The summed E-state index contributed by atoms with van der Waals surface area (Å²) in [6.07, 6.45) is 0. The van der Waals surface area contributed by atoms with Gasteiger partial charge in [-0.15, -0.1) is 0 Å². The molecule has 3 rings (SSSR count). The van der Waals surface area contributed by atoms with Crippen LogP contribution in [0.15, 0.2) is 42.5 Å². The minimum absolute atomic E-state index is 0.124. The van der Waals surface area contributed by atoms with E-state index in [0.29, 0.717) is 11.3 Å². The van der Waals surface area contributed by atoms with Crippen molar-refractivity contribution in [3.63, 3.8) is 0 Å². The van der Waals surface area contributed by atoms with E-state index >= 15 is 0 Å². The molecule has 0 N–H and O–H groups in total. The van der Waals surface area contributed by atoms with E-state index in [1.165, 1.54) is 0 Å². The summed E-state index contributed by atoms with van der Waals surface area (Å²) in [5.41, 5.74) is 3.03. The maximum absolute atomic E-state index is 11.4. The number of fused-ring (bicyclic) bond motifs is 1. The largest absolute Gasteiger partial charge is 0.296 e. The SMILES string of the molecule is Cc1cccc(-n2c(C)nc3ccccc32)c1[N+](=O)[O-]. The lowest BCUT2D eigenvalue weighted by Crippen LogP contribution is -2.03. The Bertz CT molecular complexity index is 821. The van der Waals surface area contributed by atoms with E-state index < -0.39 is 0 Å². The molecule has 3 aromatic rings. The van der Waals surface area contributed by atoms with E-state index in [0.717, 1.165) is 16.9 Å². The van der Waals surface area contributed by atoms with Gasteiger partial charge in [0, 0.05) is 5.56 Å². The quantitative estimate of drug-likeness (QED) is 0.527. The van der Waals surface area contributed by atoms with Crippen LogP contribution in [-0.4, -0.2) is 14.5 Å². The van der Waals surface area contributed by atoms with E-state index in [9.17, 15) is 10.1 Å². The van der Waals surface area contributed by atoms with Crippen LogP contribution in [0.25, 0.3) is 16.7 Å². The number of aryl methyl sites for hydroxylation is 2. The van der Waals surface area contributed by atoms with Gasteiger partial charge in [-0.1, -0.05) is 24.3 Å². The summed E-state index contributed by atoms with van der Waals surface area (Å²) in [7, 11) is 0. The number of nitro benzene ring substituents is 1. The second-order valence-corrected chi connectivity index (χ2v) is 4.68. The minimum atomic E-state index is -0.334.